The largest absolute Gasteiger partial charge is 0.643 e. The van der Waals surface area contributed by atoms with Crippen LogP contribution in [0.4, 0.5) is 8.78 Å². The van der Waals surface area contributed by atoms with Gasteiger partial charge in [0.25, 0.3) is 0 Å². The predicted molar refractivity (Wildman–Crippen MR) is 139 cm³/mol. The molecule has 0 amide bonds. The van der Waals surface area contributed by atoms with E-state index in [0.29, 0.717) is 14.5 Å². The van der Waals surface area contributed by atoms with E-state index in [1.165, 1.54) is 12.1 Å². The molecule has 2 nitrogen and oxygen atoms in total. The highest BCUT2D eigenvalue weighted by atomic mass is 79.9. The van der Waals surface area contributed by atoms with Crippen LogP contribution in [0.25, 0.3) is 0 Å². The second-order valence-corrected chi connectivity index (χ2v) is 17.2. The minimum atomic E-state index is -1.72. The van der Waals surface area contributed by atoms with Crippen molar-refractivity contribution in [2.45, 2.75) is 51.8 Å². The van der Waals surface area contributed by atoms with E-state index in [2.05, 4.69) is 31.9 Å². The number of phenols is 2. The number of rotatable bonds is 0. The Morgan fingerprint density at radius 2 is 1.19 bits per heavy atom. The zero-order valence-electron chi connectivity index (χ0n) is 17.9. The summed E-state index contributed by atoms with van der Waals surface area (Å²) in [5.74, 6) is -0.940. The minimum Gasteiger partial charge on any atom is -0.507 e. The molecular weight excluding hydrogens is 639 g/mol. The van der Waals surface area contributed by atoms with Crippen LogP contribution in [0.15, 0.2) is 39.3 Å². The minimum absolute atomic E-state index is 0.0278. The van der Waals surface area contributed by atoms with Crippen LogP contribution >= 0.6 is 73.6 Å². The molecule has 0 radical (unpaired) electrons. The second kappa shape index (κ2) is 15.5. The highest BCUT2D eigenvalue weighted by Gasteiger charge is 2.19. The lowest BCUT2D eigenvalue weighted by atomic mass is 9.87. The van der Waals surface area contributed by atoms with Crippen LogP contribution in [0.2, 0.25) is 0 Å². The fourth-order valence-corrected chi connectivity index (χ4v) is 2.19. The molecule has 0 aromatic heterocycles. The third-order valence-electron chi connectivity index (χ3n) is 2.75. The smallest absolute Gasteiger partial charge is 0.507 e. The predicted octanol–water partition coefficient (Wildman–Crippen LogP) is 9.60. The average Bonchev–Trinajstić information content (AvgIpc) is 2.52. The molecule has 2 N–H and O–H groups in total. The van der Waals surface area contributed by atoms with Crippen molar-refractivity contribution in [2.75, 3.05) is 0 Å². The molecule has 2 aromatic carbocycles. The topological polar surface area (TPSA) is 40.5 Å². The van der Waals surface area contributed by atoms with Crippen molar-refractivity contribution in [3.05, 3.63) is 56.5 Å². The molecule has 176 valence electrons. The Morgan fingerprint density at radius 1 is 0.806 bits per heavy atom. The van der Waals surface area contributed by atoms with Crippen LogP contribution < -0.4 is 0 Å². The van der Waals surface area contributed by atoms with Gasteiger partial charge in [0.15, 0.2) is 0 Å². The van der Waals surface area contributed by atoms with E-state index < -0.39 is 17.2 Å². The fraction of sp³-hybridized carbons (Fsp3) is 0.400. The number of hydrogen-bond donors (Lipinski definition) is 2. The summed E-state index contributed by atoms with van der Waals surface area (Å²) >= 11 is 9.98. The summed E-state index contributed by atoms with van der Waals surface area (Å²) < 4.78 is 26.5. The maximum atomic E-state index is 13.3. The van der Waals surface area contributed by atoms with Crippen LogP contribution in [-0.2, 0) is 5.41 Å². The van der Waals surface area contributed by atoms with Gasteiger partial charge in [0.1, 0.15) is 23.1 Å². The highest BCUT2D eigenvalue weighted by molar-refractivity contribution is 9.10. The van der Waals surface area contributed by atoms with Crippen LogP contribution in [0.3, 0.4) is 0 Å². The summed E-state index contributed by atoms with van der Waals surface area (Å²) in [5, 5.41) is 18.0. The molecular formula is C20H25AlBr2Cl4F2O2. The van der Waals surface area contributed by atoms with E-state index in [9.17, 15) is 13.9 Å². The first-order valence-electron chi connectivity index (χ1n) is 8.69. The number of hydrogen-bond acceptors (Lipinski definition) is 2. The van der Waals surface area contributed by atoms with Crippen molar-refractivity contribution in [2.24, 2.45) is 0 Å². The second-order valence-electron chi connectivity index (χ2n) is 7.94. The van der Waals surface area contributed by atoms with Crippen LogP contribution in [0, 0.1) is 11.6 Å². The maximum Gasteiger partial charge on any atom is 0.643 e. The molecule has 0 saturated carbocycles. The van der Waals surface area contributed by atoms with Crippen molar-refractivity contribution in [1.82, 2.24) is 0 Å². The van der Waals surface area contributed by atoms with Crippen molar-refractivity contribution in [3.63, 3.8) is 0 Å². The van der Waals surface area contributed by atoms with Crippen LogP contribution in [0.1, 0.15) is 47.1 Å². The summed E-state index contributed by atoms with van der Waals surface area (Å²) in [6.45, 7) is 11.6. The van der Waals surface area contributed by atoms with Gasteiger partial charge < -0.3 is 10.2 Å². The van der Waals surface area contributed by atoms with Crippen molar-refractivity contribution < 1.29 is 19.0 Å². The van der Waals surface area contributed by atoms with E-state index >= 15 is 0 Å². The van der Waals surface area contributed by atoms with Gasteiger partial charge in [-0.15, -0.1) is 11.6 Å². The van der Waals surface area contributed by atoms with Gasteiger partial charge in [-0.3, -0.25) is 0 Å². The molecule has 2 rings (SSSR count). The molecule has 11 heteroatoms. The Bertz CT molecular complexity index is 806. The van der Waals surface area contributed by atoms with Gasteiger partial charge in [-0.1, -0.05) is 20.8 Å². The van der Waals surface area contributed by atoms with E-state index in [1.807, 2.05) is 41.5 Å². The monoisotopic (exact) mass is 660 g/mol. The first-order valence-corrected chi connectivity index (χ1v) is 15.9. The molecule has 0 aliphatic rings. The lowest BCUT2D eigenvalue weighted by molar-refractivity contribution is 0.458. The van der Waals surface area contributed by atoms with E-state index in [1.54, 1.807) is 6.07 Å². The Morgan fingerprint density at radius 3 is 1.52 bits per heavy atom. The highest BCUT2D eigenvalue weighted by Crippen LogP contribution is 2.33. The zero-order chi connectivity index (χ0) is 25.2. The summed E-state index contributed by atoms with van der Waals surface area (Å²) in [4.78, 5) is -0.0278. The third kappa shape index (κ3) is 19.7. The van der Waals surface area contributed by atoms with Gasteiger partial charge in [-0.05, 0) is 81.8 Å². The van der Waals surface area contributed by atoms with Crippen molar-refractivity contribution >= 4 is 85.0 Å². The molecule has 0 spiro atoms. The van der Waals surface area contributed by atoms with E-state index in [-0.39, 0.29) is 27.6 Å². The van der Waals surface area contributed by atoms with Crippen molar-refractivity contribution in [3.8, 4) is 11.5 Å². The van der Waals surface area contributed by atoms with Gasteiger partial charge in [0.2, 0.25) is 0 Å². The number of halogens is 8. The molecule has 0 fully saturated rings. The standard InChI is InChI=1S/C10H12BrFO.C6H4BrFO.C4H9Cl.Al.3ClH/c1-10(2,3)6-4-7(11)9(13)5-8(6)12;7-5-2-1-4(8)3-6(5)9;1-4(2,3)5;;;;/h4-5,13H,1-3H3;1-3,9H;1-3H3;;3*1H/q;;;+3;;;/p-3. The normalized spacial score (nSPS) is 10.5. The molecule has 0 heterocycles. The summed E-state index contributed by atoms with van der Waals surface area (Å²) in [7, 11) is 14.8. The number of benzene rings is 2. The molecule has 0 bridgehead atoms. The first-order chi connectivity index (χ1) is 13.8. The molecule has 0 unspecified atom stereocenters. The van der Waals surface area contributed by atoms with Gasteiger partial charge in [0.05, 0.1) is 8.95 Å². The maximum absolute atomic E-state index is 13.3. The Balaban J connectivity index is 0. The lowest BCUT2D eigenvalue weighted by Gasteiger charge is -2.20. The molecule has 0 atom stereocenters. The fourth-order valence-electron chi connectivity index (χ4n) is 1.60. The van der Waals surface area contributed by atoms with Gasteiger partial charge in [0, 0.05) is 17.0 Å². The first kappa shape index (κ1) is 33.7. The van der Waals surface area contributed by atoms with E-state index in [4.69, 9.17) is 46.9 Å². The summed E-state index contributed by atoms with van der Waals surface area (Å²) in [6.07, 6.45) is 0. The SMILES string of the molecule is CC(C)(C)Cl.CC(C)(C)c1cc(Br)c(O)cc1F.Oc1cc(F)ccc1Br.[Cl][Al]([Cl])[Cl]. The molecule has 0 saturated heterocycles. The quantitative estimate of drug-likeness (QED) is 0.218. The summed E-state index contributed by atoms with van der Waals surface area (Å²) in [5.41, 5.74) is 0.345. The molecule has 0 aliphatic heterocycles. The van der Waals surface area contributed by atoms with Gasteiger partial charge in [-0.25, -0.2) is 38.9 Å². The van der Waals surface area contributed by atoms with Gasteiger partial charge >= 0.3 is 11.4 Å². The number of phenolic OH excluding ortho intramolecular Hbond substituents is 2. The third-order valence-corrected chi connectivity index (χ3v) is 4.06. The molecule has 2 aromatic rings. The zero-order valence-corrected chi connectivity index (χ0v) is 25.2. The molecule has 31 heavy (non-hydrogen) atoms. The van der Waals surface area contributed by atoms with Crippen molar-refractivity contribution in [1.29, 1.82) is 0 Å². The Labute approximate surface area is 222 Å². The lowest BCUT2D eigenvalue weighted by Crippen LogP contribution is -2.13. The van der Waals surface area contributed by atoms with Crippen LogP contribution in [-0.4, -0.2) is 26.5 Å². The number of alkyl halides is 1. The summed E-state index contributed by atoms with van der Waals surface area (Å²) in [6, 6.07) is 6.51. The van der Waals surface area contributed by atoms with Gasteiger partial charge in [-0.2, -0.15) is 0 Å². The Hall–Kier alpha value is 0.552. The number of aromatic hydroxyl groups is 2. The van der Waals surface area contributed by atoms with Crippen LogP contribution in [0.5, 0.6) is 11.5 Å². The van der Waals surface area contributed by atoms with E-state index in [0.717, 1.165) is 12.1 Å². The Kier molecular flexibility index (Phi) is 16.8. The average molecular weight is 664 g/mol. The molecule has 0 aliphatic carbocycles.